The van der Waals surface area contributed by atoms with Gasteiger partial charge in [0.25, 0.3) is 5.91 Å². The van der Waals surface area contributed by atoms with Crippen LogP contribution in [0.1, 0.15) is 33.4 Å². The lowest BCUT2D eigenvalue weighted by Gasteiger charge is -2.24. The standard InChI is InChI=1S/C19H16BrFN4O2/c20-14-3-1-2-12(8-14)9-22-19(26)18-16-11-27-17(10-25(16)24-23-18)13-4-6-15(21)7-5-13/h1-8,17H,9-11H2,(H,22,26)/t17-/m0/s1. The molecule has 0 radical (unpaired) electrons. The summed E-state index contributed by atoms with van der Waals surface area (Å²) in [5.41, 5.74) is 2.74. The van der Waals surface area contributed by atoms with Crippen molar-refractivity contribution in [2.45, 2.75) is 25.8 Å². The summed E-state index contributed by atoms with van der Waals surface area (Å²) in [6, 6.07) is 13.9. The van der Waals surface area contributed by atoms with Crippen LogP contribution in [0.2, 0.25) is 0 Å². The average molecular weight is 431 g/mol. The van der Waals surface area contributed by atoms with Gasteiger partial charge in [-0.15, -0.1) is 5.10 Å². The molecular formula is C19H16BrFN4O2. The van der Waals surface area contributed by atoms with Gasteiger partial charge < -0.3 is 10.1 Å². The van der Waals surface area contributed by atoms with Gasteiger partial charge in [0, 0.05) is 11.0 Å². The molecule has 0 spiro atoms. The fraction of sp³-hybridized carbons (Fsp3) is 0.211. The van der Waals surface area contributed by atoms with Crippen LogP contribution in [0, 0.1) is 5.82 Å². The Morgan fingerprint density at radius 1 is 1.30 bits per heavy atom. The zero-order valence-electron chi connectivity index (χ0n) is 14.2. The highest BCUT2D eigenvalue weighted by Crippen LogP contribution is 2.27. The molecule has 0 saturated heterocycles. The molecule has 27 heavy (non-hydrogen) atoms. The molecule has 0 aliphatic carbocycles. The number of nitrogens with zero attached hydrogens (tertiary/aromatic N) is 3. The van der Waals surface area contributed by atoms with Crippen molar-refractivity contribution in [1.29, 1.82) is 0 Å². The second-order valence-electron chi connectivity index (χ2n) is 6.23. The summed E-state index contributed by atoms with van der Waals surface area (Å²) in [7, 11) is 0. The molecular weight excluding hydrogens is 415 g/mol. The first-order valence-corrected chi connectivity index (χ1v) is 9.21. The maximum Gasteiger partial charge on any atom is 0.274 e. The molecule has 3 aromatic rings. The molecule has 1 aliphatic heterocycles. The van der Waals surface area contributed by atoms with Crippen LogP contribution in [0.5, 0.6) is 0 Å². The van der Waals surface area contributed by atoms with Crippen molar-refractivity contribution in [3.05, 3.63) is 81.3 Å². The van der Waals surface area contributed by atoms with E-state index in [1.54, 1.807) is 16.8 Å². The molecule has 6 nitrogen and oxygen atoms in total. The zero-order chi connectivity index (χ0) is 18.8. The van der Waals surface area contributed by atoms with E-state index in [-0.39, 0.29) is 30.1 Å². The second-order valence-corrected chi connectivity index (χ2v) is 7.15. The van der Waals surface area contributed by atoms with Crippen molar-refractivity contribution in [2.24, 2.45) is 0 Å². The first-order chi connectivity index (χ1) is 13.1. The van der Waals surface area contributed by atoms with Gasteiger partial charge in [0.1, 0.15) is 11.9 Å². The number of hydrogen-bond donors (Lipinski definition) is 1. The highest BCUT2D eigenvalue weighted by atomic mass is 79.9. The van der Waals surface area contributed by atoms with Crippen molar-refractivity contribution >= 4 is 21.8 Å². The third-order valence-electron chi connectivity index (χ3n) is 4.40. The number of ether oxygens (including phenoxy) is 1. The van der Waals surface area contributed by atoms with Gasteiger partial charge in [-0.2, -0.15) is 0 Å². The minimum atomic E-state index is -0.292. The van der Waals surface area contributed by atoms with Gasteiger partial charge in [0.15, 0.2) is 5.69 Å². The molecule has 1 aromatic heterocycles. The Balaban J connectivity index is 1.44. The predicted molar refractivity (Wildman–Crippen MR) is 99.3 cm³/mol. The summed E-state index contributed by atoms with van der Waals surface area (Å²) in [5, 5.41) is 11.0. The molecule has 1 aliphatic rings. The van der Waals surface area contributed by atoms with E-state index in [4.69, 9.17) is 4.74 Å². The van der Waals surface area contributed by atoms with Gasteiger partial charge in [0.05, 0.1) is 18.8 Å². The molecule has 0 fully saturated rings. The fourth-order valence-corrected chi connectivity index (χ4v) is 3.43. The number of benzene rings is 2. The summed E-state index contributed by atoms with van der Waals surface area (Å²) in [6.07, 6.45) is -0.252. The Kier molecular flexibility index (Phi) is 5.00. The van der Waals surface area contributed by atoms with Crippen LogP contribution >= 0.6 is 15.9 Å². The molecule has 138 valence electrons. The molecule has 8 heteroatoms. The van der Waals surface area contributed by atoms with Crippen molar-refractivity contribution in [1.82, 2.24) is 20.3 Å². The molecule has 0 unspecified atom stereocenters. The molecule has 1 atom stereocenters. The number of rotatable bonds is 4. The molecule has 1 amide bonds. The van der Waals surface area contributed by atoms with Crippen LogP contribution in [0.3, 0.4) is 0 Å². The summed E-state index contributed by atoms with van der Waals surface area (Å²) in [6.45, 7) is 1.03. The Morgan fingerprint density at radius 3 is 2.89 bits per heavy atom. The number of carbonyl (C=O) groups is 1. The summed E-state index contributed by atoms with van der Waals surface area (Å²) < 4.78 is 21.6. The molecule has 4 rings (SSSR count). The first kappa shape index (κ1) is 17.8. The van der Waals surface area contributed by atoms with Gasteiger partial charge in [-0.1, -0.05) is 45.4 Å². The van der Waals surface area contributed by atoms with Gasteiger partial charge >= 0.3 is 0 Å². The lowest BCUT2D eigenvalue weighted by Crippen LogP contribution is -2.27. The third-order valence-corrected chi connectivity index (χ3v) is 4.89. The van der Waals surface area contributed by atoms with Crippen LogP contribution in [-0.2, 0) is 24.4 Å². The molecule has 2 heterocycles. The first-order valence-electron chi connectivity index (χ1n) is 8.42. The highest BCUT2D eigenvalue weighted by Gasteiger charge is 2.27. The predicted octanol–water partition coefficient (Wildman–Crippen LogP) is 3.38. The smallest absolute Gasteiger partial charge is 0.274 e. The molecule has 2 aromatic carbocycles. The van der Waals surface area contributed by atoms with Crippen molar-refractivity contribution in [3.63, 3.8) is 0 Å². The van der Waals surface area contributed by atoms with E-state index < -0.39 is 0 Å². The summed E-state index contributed by atoms with van der Waals surface area (Å²) in [5.74, 6) is -0.583. The van der Waals surface area contributed by atoms with Crippen molar-refractivity contribution < 1.29 is 13.9 Å². The van der Waals surface area contributed by atoms with Crippen LogP contribution in [0.25, 0.3) is 0 Å². The van der Waals surface area contributed by atoms with Crippen LogP contribution in [0.15, 0.2) is 53.0 Å². The number of nitrogens with one attached hydrogen (secondary N) is 1. The molecule has 1 N–H and O–H groups in total. The quantitative estimate of drug-likeness (QED) is 0.688. The maximum absolute atomic E-state index is 13.1. The fourth-order valence-electron chi connectivity index (χ4n) is 2.98. The number of aromatic nitrogens is 3. The third kappa shape index (κ3) is 3.91. The monoisotopic (exact) mass is 430 g/mol. The lowest BCUT2D eigenvalue weighted by atomic mass is 10.1. The van der Waals surface area contributed by atoms with E-state index in [0.29, 0.717) is 18.8 Å². The van der Waals surface area contributed by atoms with Gasteiger partial charge in [0.2, 0.25) is 0 Å². The maximum atomic E-state index is 13.1. The number of hydrogen-bond acceptors (Lipinski definition) is 4. The number of carbonyl (C=O) groups excluding carboxylic acids is 1. The lowest BCUT2D eigenvalue weighted by molar-refractivity contribution is -0.00180. The normalized spacial score (nSPS) is 16.0. The van der Waals surface area contributed by atoms with Gasteiger partial charge in [-0.3, -0.25) is 4.79 Å². The Bertz CT molecular complexity index is 974. The average Bonchev–Trinajstić information content (AvgIpc) is 3.10. The largest absolute Gasteiger partial charge is 0.365 e. The minimum absolute atomic E-state index is 0.217. The van der Waals surface area contributed by atoms with E-state index in [2.05, 4.69) is 31.6 Å². The summed E-state index contributed by atoms with van der Waals surface area (Å²) >= 11 is 3.41. The SMILES string of the molecule is O=C(NCc1cccc(Br)c1)c1nnn2c1CO[C@H](c1ccc(F)cc1)C2. The van der Waals surface area contributed by atoms with Gasteiger partial charge in [-0.25, -0.2) is 9.07 Å². The number of fused-ring (bicyclic) bond motifs is 1. The Labute approximate surface area is 163 Å². The topological polar surface area (TPSA) is 69.0 Å². The minimum Gasteiger partial charge on any atom is -0.365 e. The zero-order valence-corrected chi connectivity index (χ0v) is 15.8. The highest BCUT2D eigenvalue weighted by molar-refractivity contribution is 9.10. The van der Waals surface area contributed by atoms with E-state index in [1.807, 2.05) is 24.3 Å². The van der Waals surface area contributed by atoms with E-state index >= 15 is 0 Å². The van der Waals surface area contributed by atoms with Crippen LogP contribution in [0.4, 0.5) is 4.39 Å². The summed E-state index contributed by atoms with van der Waals surface area (Å²) in [4.78, 5) is 12.5. The second kappa shape index (κ2) is 7.58. The van der Waals surface area contributed by atoms with Crippen LogP contribution < -0.4 is 5.32 Å². The van der Waals surface area contributed by atoms with Crippen LogP contribution in [-0.4, -0.2) is 20.9 Å². The van der Waals surface area contributed by atoms with Gasteiger partial charge in [-0.05, 0) is 35.4 Å². The Hall–Kier alpha value is -2.58. The molecule has 0 saturated carbocycles. The Morgan fingerprint density at radius 2 is 2.11 bits per heavy atom. The molecule has 0 bridgehead atoms. The number of halogens is 2. The van der Waals surface area contributed by atoms with E-state index in [9.17, 15) is 9.18 Å². The number of amides is 1. The van der Waals surface area contributed by atoms with Crippen molar-refractivity contribution in [2.75, 3.05) is 0 Å². The van der Waals surface area contributed by atoms with Crippen molar-refractivity contribution in [3.8, 4) is 0 Å². The van der Waals surface area contributed by atoms with E-state index in [1.165, 1.54) is 12.1 Å². The van der Waals surface area contributed by atoms with E-state index in [0.717, 1.165) is 15.6 Å².